The summed E-state index contributed by atoms with van der Waals surface area (Å²) in [6.07, 6.45) is 2.94. The molecule has 2 heterocycles. The number of hydrogen-bond donors (Lipinski definition) is 2. The minimum absolute atomic E-state index is 0.0414. The molecule has 1 saturated heterocycles. The standard InChI is InChI=1S/C15H14ClFN4O2/c16-9-2-1-8(7-10(9)17)13-11(3-6-23-13)21-15(22)12-14(18)20-5-4-19-12/h1-2,4-5,7,11,13H,3,6H2,(H2,18,20)(H,21,22)/t11-,13-/m1/s1. The Morgan fingerprint density at radius 1 is 1.39 bits per heavy atom. The predicted octanol–water partition coefficient (Wildman–Crippen LogP) is 2.11. The Hall–Kier alpha value is -2.25. The van der Waals surface area contributed by atoms with Gasteiger partial charge in [0.05, 0.1) is 11.1 Å². The van der Waals surface area contributed by atoms with Crippen LogP contribution in [0.5, 0.6) is 0 Å². The largest absolute Gasteiger partial charge is 0.382 e. The number of anilines is 1. The number of nitrogens with zero attached hydrogens (tertiary/aromatic N) is 2. The second kappa shape index (κ2) is 6.47. The molecule has 0 spiro atoms. The third-order valence-corrected chi connectivity index (χ3v) is 3.93. The van der Waals surface area contributed by atoms with Gasteiger partial charge < -0.3 is 15.8 Å². The van der Waals surface area contributed by atoms with Gasteiger partial charge in [0.1, 0.15) is 11.9 Å². The van der Waals surface area contributed by atoms with Crippen molar-refractivity contribution < 1.29 is 13.9 Å². The fourth-order valence-electron chi connectivity index (χ4n) is 2.52. The van der Waals surface area contributed by atoms with E-state index in [0.29, 0.717) is 18.6 Å². The molecule has 6 nitrogen and oxygen atoms in total. The summed E-state index contributed by atoms with van der Waals surface area (Å²) in [7, 11) is 0. The van der Waals surface area contributed by atoms with Gasteiger partial charge in [0.2, 0.25) is 0 Å². The van der Waals surface area contributed by atoms with E-state index in [-0.39, 0.29) is 22.6 Å². The first kappa shape index (κ1) is 15.6. The van der Waals surface area contributed by atoms with Crippen molar-refractivity contribution in [2.45, 2.75) is 18.6 Å². The van der Waals surface area contributed by atoms with E-state index in [2.05, 4.69) is 15.3 Å². The van der Waals surface area contributed by atoms with Crippen molar-refractivity contribution in [3.63, 3.8) is 0 Å². The Balaban J connectivity index is 1.78. The number of amides is 1. The maximum absolute atomic E-state index is 13.6. The number of carbonyl (C=O) groups excluding carboxylic acids is 1. The number of rotatable bonds is 3. The van der Waals surface area contributed by atoms with Crippen molar-refractivity contribution in [1.82, 2.24) is 15.3 Å². The first-order chi connectivity index (χ1) is 11.1. The van der Waals surface area contributed by atoms with Gasteiger partial charge in [-0.15, -0.1) is 0 Å². The topological polar surface area (TPSA) is 90.1 Å². The van der Waals surface area contributed by atoms with E-state index >= 15 is 0 Å². The molecule has 23 heavy (non-hydrogen) atoms. The fraction of sp³-hybridized carbons (Fsp3) is 0.267. The van der Waals surface area contributed by atoms with Crippen molar-refractivity contribution in [3.05, 3.63) is 52.7 Å². The highest BCUT2D eigenvalue weighted by molar-refractivity contribution is 6.30. The molecule has 3 N–H and O–H groups in total. The van der Waals surface area contributed by atoms with Crippen molar-refractivity contribution in [2.75, 3.05) is 12.3 Å². The van der Waals surface area contributed by atoms with Gasteiger partial charge in [-0.1, -0.05) is 17.7 Å². The number of benzene rings is 1. The molecule has 0 unspecified atom stereocenters. The predicted molar refractivity (Wildman–Crippen MR) is 82.4 cm³/mol. The molecule has 3 rings (SSSR count). The molecule has 0 saturated carbocycles. The molecule has 120 valence electrons. The van der Waals surface area contributed by atoms with Gasteiger partial charge in [-0.3, -0.25) is 4.79 Å². The van der Waals surface area contributed by atoms with Crippen molar-refractivity contribution in [1.29, 1.82) is 0 Å². The number of nitrogens with two attached hydrogens (primary N) is 1. The lowest BCUT2D eigenvalue weighted by Crippen LogP contribution is -2.37. The lowest BCUT2D eigenvalue weighted by atomic mass is 10.0. The van der Waals surface area contributed by atoms with Gasteiger partial charge in [-0.25, -0.2) is 14.4 Å². The molecule has 0 bridgehead atoms. The normalized spacial score (nSPS) is 20.4. The van der Waals surface area contributed by atoms with Crippen LogP contribution in [0, 0.1) is 5.82 Å². The second-order valence-electron chi connectivity index (χ2n) is 5.12. The van der Waals surface area contributed by atoms with Gasteiger partial charge in [-0.05, 0) is 24.1 Å². The van der Waals surface area contributed by atoms with Crippen LogP contribution in [0.1, 0.15) is 28.6 Å². The van der Waals surface area contributed by atoms with Crippen LogP contribution >= 0.6 is 11.6 Å². The smallest absolute Gasteiger partial charge is 0.274 e. The Kier molecular flexibility index (Phi) is 4.40. The van der Waals surface area contributed by atoms with E-state index in [4.69, 9.17) is 22.1 Å². The van der Waals surface area contributed by atoms with Crippen molar-refractivity contribution in [2.24, 2.45) is 0 Å². The van der Waals surface area contributed by atoms with Crippen molar-refractivity contribution in [3.8, 4) is 0 Å². The molecule has 1 aromatic heterocycles. The molecule has 1 amide bonds. The third kappa shape index (κ3) is 3.25. The van der Waals surface area contributed by atoms with E-state index in [1.165, 1.54) is 24.5 Å². The van der Waals surface area contributed by atoms with E-state index < -0.39 is 17.8 Å². The Labute approximate surface area is 136 Å². The summed E-state index contributed by atoms with van der Waals surface area (Å²) >= 11 is 5.69. The van der Waals surface area contributed by atoms with Gasteiger partial charge in [0, 0.05) is 19.0 Å². The molecule has 1 aromatic carbocycles. The molecule has 1 aliphatic heterocycles. The first-order valence-electron chi connectivity index (χ1n) is 7.00. The second-order valence-corrected chi connectivity index (χ2v) is 5.53. The van der Waals surface area contributed by atoms with Crippen LogP contribution in [-0.4, -0.2) is 28.5 Å². The summed E-state index contributed by atoms with van der Waals surface area (Å²) in [5.41, 5.74) is 6.32. The highest BCUT2D eigenvalue weighted by Gasteiger charge is 2.32. The van der Waals surface area contributed by atoms with Crippen LogP contribution in [0.15, 0.2) is 30.6 Å². The molecule has 2 atom stereocenters. The zero-order valence-electron chi connectivity index (χ0n) is 12.0. The van der Waals surface area contributed by atoms with Crippen LogP contribution in [-0.2, 0) is 4.74 Å². The number of carbonyl (C=O) groups is 1. The minimum atomic E-state index is -0.525. The van der Waals surface area contributed by atoms with Crippen LogP contribution < -0.4 is 11.1 Å². The van der Waals surface area contributed by atoms with Crippen LogP contribution in [0.3, 0.4) is 0 Å². The Morgan fingerprint density at radius 3 is 2.91 bits per heavy atom. The average Bonchev–Trinajstić information content (AvgIpc) is 2.98. The van der Waals surface area contributed by atoms with Gasteiger partial charge in [0.25, 0.3) is 5.91 Å². The monoisotopic (exact) mass is 336 g/mol. The quantitative estimate of drug-likeness (QED) is 0.896. The number of nitrogens with one attached hydrogen (secondary N) is 1. The van der Waals surface area contributed by atoms with Crippen LogP contribution in [0.2, 0.25) is 5.02 Å². The SMILES string of the molecule is Nc1nccnc1C(=O)N[C@@H]1CCO[C@@H]1c1ccc(Cl)c(F)c1. The summed E-state index contributed by atoms with van der Waals surface area (Å²) in [6, 6.07) is 4.14. The van der Waals surface area contributed by atoms with E-state index in [1.54, 1.807) is 6.07 Å². The van der Waals surface area contributed by atoms with E-state index in [1.807, 2.05) is 0 Å². The zero-order valence-corrected chi connectivity index (χ0v) is 12.8. The number of hydrogen-bond acceptors (Lipinski definition) is 5. The summed E-state index contributed by atoms with van der Waals surface area (Å²) in [6.45, 7) is 0.454. The van der Waals surface area contributed by atoms with Crippen molar-refractivity contribution >= 4 is 23.3 Å². The highest BCUT2D eigenvalue weighted by atomic mass is 35.5. The van der Waals surface area contributed by atoms with Gasteiger partial charge in [0.15, 0.2) is 11.5 Å². The van der Waals surface area contributed by atoms with E-state index in [9.17, 15) is 9.18 Å². The summed E-state index contributed by atoms with van der Waals surface area (Å²) in [5.74, 6) is -0.911. The molecule has 2 aromatic rings. The number of halogens is 2. The Morgan fingerprint density at radius 2 is 2.17 bits per heavy atom. The molecule has 1 aliphatic rings. The summed E-state index contributed by atoms with van der Waals surface area (Å²) in [5, 5.41) is 2.86. The lowest BCUT2D eigenvalue weighted by Gasteiger charge is -2.20. The third-order valence-electron chi connectivity index (χ3n) is 3.62. The number of ether oxygens (including phenoxy) is 1. The molecular formula is C15H14ClFN4O2. The maximum atomic E-state index is 13.6. The minimum Gasteiger partial charge on any atom is -0.382 e. The molecule has 0 aliphatic carbocycles. The van der Waals surface area contributed by atoms with Crippen LogP contribution in [0.25, 0.3) is 0 Å². The summed E-state index contributed by atoms with van der Waals surface area (Å²) in [4.78, 5) is 20.0. The lowest BCUT2D eigenvalue weighted by molar-refractivity contribution is 0.0817. The van der Waals surface area contributed by atoms with Gasteiger partial charge in [-0.2, -0.15) is 0 Å². The number of nitrogen functional groups attached to an aromatic ring is 1. The van der Waals surface area contributed by atoms with E-state index in [0.717, 1.165) is 0 Å². The Bertz CT molecular complexity index is 743. The fourth-order valence-corrected chi connectivity index (χ4v) is 2.63. The zero-order chi connectivity index (χ0) is 16.4. The maximum Gasteiger partial charge on any atom is 0.274 e. The summed E-state index contributed by atoms with van der Waals surface area (Å²) < 4.78 is 19.3. The number of aromatic nitrogens is 2. The average molecular weight is 337 g/mol. The molecular weight excluding hydrogens is 323 g/mol. The molecule has 8 heteroatoms. The molecule has 1 fully saturated rings. The van der Waals surface area contributed by atoms with Crippen LogP contribution in [0.4, 0.5) is 10.2 Å². The first-order valence-corrected chi connectivity index (χ1v) is 7.38. The molecule has 0 radical (unpaired) electrons. The highest BCUT2D eigenvalue weighted by Crippen LogP contribution is 2.31. The van der Waals surface area contributed by atoms with Gasteiger partial charge >= 0.3 is 0 Å².